The van der Waals surface area contributed by atoms with Gasteiger partial charge in [0, 0.05) is 5.56 Å². The number of benzene rings is 2. The molecule has 0 aliphatic carbocycles. The van der Waals surface area contributed by atoms with Crippen LogP contribution < -0.4 is 27.5 Å². The SMILES string of the molecule is COc1ccccc1C1=NOC(=O)C1(N)CCc1ccccc1.[Br-].[H+]. The van der Waals surface area contributed by atoms with E-state index in [0.29, 0.717) is 29.9 Å². The fourth-order valence-corrected chi connectivity index (χ4v) is 2.68. The summed E-state index contributed by atoms with van der Waals surface area (Å²) in [6.45, 7) is 0. The van der Waals surface area contributed by atoms with E-state index < -0.39 is 11.5 Å². The Labute approximate surface area is 152 Å². The number of rotatable bonds is 5. The zero-order valence-corrected chi connectivity index (χ0v) is 14.8. The predicted octanol–water partition coefficient (Wildman–Crippen LogP) is -0.597. The number of ether oxygens (including phenoxy) is 1. The van der Waals surface area contributed by atoms with Gasteiger partial charge < -0.3 is 32.3 Å². The molecule has 0 spiro atoms. The summed E-state index contributed by atoms with van der Waals surface area (Å²) < 4.78 is 5.35. The van der Waals surface area contributed by atoms with Crippen molar-refractivity contribution in [2.75, 3.05) is 7.11 Å². The number of methoxy groups -OCH3 is 1. The molecule has 1 aliphatic rings. The van der Waals surface area contributed by atoms with Gasteiger partial charge in [0.05, 0.1) is 7.11 Å². The molecule has 0 saturated carbocycles. The Morgan fingerprint density at radius 2 is 1.83 bits per heavy atom. The van der Waals surface area contributed by atoms with Crippen LogP contribution in [0.5, 0.6) is 5.75 Å². The molecule has 0 radical (unpaired) electrons. The number of aryl methyl sites for hydroxylation is 1. The summed E-state index contributed by atoms with van der Waals surface area (Å²) in [5.41, 5.74) is 7.31. The van der Waals surface area contributed by atoms with Crippen LogP contribution in [0.25, 0.3) is 0 Å². The van der Waals surface area contributed by atoms with Crippen LogP contribution in [0, 0.1) is 0 Å². The first-order valence-electron chi connectivity index (χ1n) is 7.41. The quantitative estimate of drug-likeness (QED) is 0.692. The maximum absolute atomic E-state index is 12.2. The molecular weight excluding hydrogens is 372 g/mol. The average Bonchev–Trinajstić information content (AvgIpc) is 2.89. The lowest BCUT2D eigenvalue weighted by atomic mass is 9.84. The fourth-order valence-electron chi connectivity index (χ4n) is 2.68. The van der Waals surface area contributed by atoms with Gasteiger partial charge in [0.25, 0.3) is 0 Å². The van der Waals surface area contributed by atoms with Gasteiger partial charge in [-0.1, -0.05) is 47.6 Å². The van der Waals surface area contributed by atoms with Gasteiger partial charge in [-0.15, -0.1) is 0 Å². The van der Waals surface area contributed by atoms with Gasteiger partial charge in [-0.05, 0) is 30.5 Å². The second-order valence-electron chi connectivity index (χ2n) is 5.48. The molecule has 2 aromatic rings. The molecule has 2 aromatic carbocycles. The Hall–Kier alpha value is -2.18. The molecule has 0 aromatic heterocycles. The normalized spacial score (nSPS) is 19.2. The van der Waals surface area contributed by atoms with E-state index >= 15 is 0 Å². The van der Waals surface area contributed by atoms with Crippen molar-refractivity contribution in [3.05, 3.63) is 65.7 Å². The van der Waals surface area contributed by atoms with E-state index in [9.17, 15) is 4.79 Å². The van der Waals surface area contributed by atoms with Crippen molar-refractivity contribution < 1.29 is 32.8 Å². The van der Waals surface area contributed by atoms with Crippen LogP contribution in [0.15, 0.2) is 59.8 Å². The zero-order chi connectivity index (χ0) is 16.3. The molecule has 1 unspecified atom stereocenters. The highest BCUT2D eigenvalue weighted by atomic mass is 79.9. The number of carbonyl (C=O) groups excluding carboxylic acids is 1. The van der Waals surface area contributed by atoms with Crippen LogP contribution in [-0.4, -0.2) is 24.3 Å². The van der Waals surface area contributed by atoms with Gasteiger partial charge in [0.2, 0.25) is 0 Å². The summed E-state index contributed by atoms with van der Waals surface area (Å²) >= 11 is 0. The minimum absolute atomic E-state index is 0. The molecule has 3 rings (SSSR count). The second-order valence-corrected chi connectivity index (χ2v) is 5.48. The molecule has 0 bridgehead atoms. The summed E-state index contributed by atoms with van der Waals surface area (Å²) in [4.78, 5) is 17.1. The monoisotopic (exact) mass is 390 g/mol. The molecule has 1 aliphatic heterocycles. The number of nitrogens with zero attached hydrogens (tertiary/aromatic N) is 1. The standard InChI is InChI=1S/C18H18N2O3.BrH/c1-22-15-10-6-5-9-14(15)16-18(19,17(21)23-20-16)12-11-13-7-3-2-4-8-13;/h2-10H,11-12,19H2,1H3;1H. The molecule has 24 heavy (non-hydrogen) atoms. The Bertz CT molecular complexity index is 755. The van der Waals surface area contributed by atoms with E-state index in [1.807, 2.05) is 48.5 Å². The average molecular weight is 391 g/mol. The number of halogens is 1. The lowest BCUT2D eigenvalue weighted by Crippen LogP contribution is -3.00. The van der Waals surface area contributed by atoms with Crippen LogP contribution in [0.1, 0.15) is 19.0 Å². The van der Waals surface area contributed by atoms with Crippen LogP contribution in [0.3, 0.4) is 0 Å². The number of para-hydroxylation sites is 1. The van der Waals surface area contributed by atoms with Gasteiger partial charge in [0.15, 0.2) is 5.54 Å². The number of oxime groups is 1. The minimum Gasteiger partial charge on any atom is -1.00 e. The van der Waals surface area contributed by atoms with E-state index in [1.54, 1.807) is 13.2 Å². The van der Waals surface area contributed by atoms with E-state index in [1.165, 1.54) is 0 Å². The fraction of sp³-hybridized carbons (Fsp3) is 0.222. The first kappa shape index (κ1) is 18.2. The number of hydrogen-bond acceptors (Lipinski definition) is 5. The lowest BCUT2D eigenvalue weighted by Gasteiger charge is -2.22. The molecule has 6 heteroatoms. The zero-order valence-electron chi connectivity index (χ0n) is 14.2. The first-order chi connectivity index (χ1) is 11.1. The highest BCUT2D eigenvalue weighted by molar-refractivity contribution is 6.22. The van der Waals surface area contributed by atoms with Gasteiger partial charge in [0.1, 0.15) is 11.5 Å². The van der Waals surface area contributed by atoms with Crippen molar-refractivity contribution in [1.82, 2.24) is 0 Å². The van der Waals surface area contributed by atoms with Gasteiger partial charge in [-0.3, -0.25) is 0 Å². The van der Waals surface area contributed by atoms with Gasteiger partial charge in [-0.25, -0.2) is 4.79 Å². The topological polar surface area (TPSA) is 73.9 Å². The maximum atomic E-state index is 12.2. The third kappa shape index (κ3) is 3.34. The van der Waals surface area contributed by atoms with E-state index in [4.69, 9.17) is 15.3 Å². The molecule has 126 valence electrons. The lowest BCUT2D eigenvalue weighted by molar-refractivity contribution is -0.144. The minimum atomic E-state index is -1.27. The van der Waals surface area contributed by atoms with Crippen LogP contribution >= 0.6 is 0 Å². The van der Waals surface area contributed by atoms with Crippen molar-refractivity contribution in [3.8, 4) is 5.75 Å². The van der Waals surface area contributed by atoms with Crippen molar-refractivity contribution in [1.29, 1.82) is 0 Å². The second kappa shape index (κ2) is 7.59. The molecule has 2 N–H and O–H groups in total. The Kier molecular flexibility index (Phi) is 5.75. The van der Waals surface area contributed by atoms with Crippen LogP contribution in [-0.2, 0) is 16.1 Å². The molecule has 1 atom stereocenters. The predicted molar refractivity (Wildman–Crippen MR) is 88.4 cm³/mol. The van der Waals surface area contributed by atoms with Crippen LogP contribution in [0.4, 0.5) is 0 Å². The largest absolute Gasteiger partial charge is 1.00 e. The smallest absolute Gasteiger partial charge is 1.00 e. The Morgan fingerprint density at radius 3 is 2.54 bits per heavy atom. The third-order valence-electron chi connectivity index (χ3n) is 4.02. The number of nitrogens with two attached hydrogens (primary N) is 1. The number of carbonyl (C=O) groups is 1. The highest BCUT2D eigenvalue weighted by Gasteiger charge is 2.47. The summed E-state index contributed by atoms with van der Waals surface area (Å²) in [5, 5.41) is 3.92. The Balaban J connectivity index is 0.00000156. The molecule has 0 amide bonds. The molecule has 5 nitrogen and oxygen atoms in total. The third-order valence-corrected chi connectivity index (χ3v) is 4.02. The van der Waals surface area contributed by atoms with Crippen LogP contribution in [0.2, 0.25) is 0 Å². The molecule has 1 heterocycles. The summed E-state index contributed by atoms with van der Waals surface area (Å²) in [7, 11) is 1.57. The van der Waals surface area contributed by atoms with E-state index in [-0.39, 0.29) is 18.4 Å². The van der Waals surface area contributed by atoms with Crippen molar-refractivity contribution >= 4 is 11.7 Å². The van der Waals surface area contributed by atoms with Gasteiger partial charge >= 0.3 is 7.40 Å². The highest BCUT2D eigenvalue weighted by Crippen LogP contribution is 2.30. The first-order valence-corrected chi connectivity index (χ1v) is 7.41. The van der Waals surface area contributed by atoms with E-state index in [0.717, 1.165) is 5.56 Å². The van der Waals surface area contributed by atoms with E-state index in [2.05, 4.69) is 5.16 Å². The van der Waals surface area contributed by atoms with Crippen molar-refractivity contribution in [3.63, 3.8) is 0 Å². The molecular formula is C18H19BrN2O3. The van der Waals surface area contributed by atoms with Crippen molar-refractivity contribution in [2.24, 2.45) is 10.9 Å². The Morgan fingerprint density at radius 1 is 1.17 bits per heavy atom. The number of hydrogen-bond donors (Lipinski definition) is 1. The van der Waals surface area contributed by atoms with Gasteiger partial charge in [-0.2, -0.15) is 0 Å². The summed E-state index contributed by atoms with van der Waals surface area (Å²) in [6.07, 6.45) is 1.06. The molecule has 0 saturated heterocycles. The summed E-state index contributed by atoms with van der Waals surface area (Å²) in [5.74, 6) is 0.0772. The van der Waals surface area contributed by atoms with Crippen molar-refractivity contribution in [2.45, 2.75) is 18.4 Å². The molecule has 0 fully saturated rings. The summed E-state index contributed by atoms with van der Waals surface area (Å²) in [6, 6.07) is 17.2. The maximum Gasteiger partial charge on any atom is 1.00 e.